The molecule has 2 saturated heterocycles. The molecule has 2 atom stereocenters. The number of rotatable bonds is 9. The van der Waals surface area contributed by atoms with Crippen molar-refractivity contribution < 1.29 is 9.53 Å². The summed E-state index contributed by atoms with van der Waals surface area (Å²) in [6, 6.07) is 6.87. The Morgan fingerprint density at radius 1 is 1.10 bits per heavy atom. The van der Waals surface area contributed by atoms with E-state index in [-0.39, 0.29) is 18.0 Å². The number of carbonyl (C=O) groups is 1. The number of hydrogen-bond donors (Lipinski definition) is 2. The van der Waals surface area contributed by atoms with Crippen LogP contribution in [0.25, 0.3) is 0 Å². The highest BCUT2D eigenvalue weighted by Crippen LogP contribution is 2.49. The van der Waals surface area contributed by atoms with Crippen LogP contribution < -0.4 is 15.8 Å². The Morgan fingerprint density at radius 3 is 2.50 bits per heavy atom. The molecule has 0 radical (unpaired) electrons. The molecule has 2 aromatic rings. The number of anilines is 1. The van der Waals surface area contributed by atoms with E-state index in [0.29, 0.717) is 23.4 Å². The summed E-state index contributed by atoms with van der Waals surface area (Å²) >= 11 is 0. The van der Waals surface area contributed by atoms with Crippen molar-refractivity contribution in [3.63, 3.8) is 0 Å². The molecule has 3 fully saturated rings. The van der Waals surface area contributed by atoms with E-state index in [4.69, 9.17) is 4.74 Å². The van der Waals surface area contributed by atoms with Gasteiger partial charge in [-0.2, -0.15) is 0 Å². The predicted octanol–water partition coefficient (Wildman–Crippen LogP) is 3.59. The number of aromatic amines is 1. The Morgan fingerprint density at radius 2 is 1.82 bits per heavy atom. The summed E-state index contributed by atoms with van der Waals surface area (Å²) in [7, 11) is 2.20. The fourth-order valence-corrected chi connectivity index (χ4v) is 6.68. The molecule has 1 saturated carbocycles. The molecule has 1 aromatic heterocycles. The molecule has 1 aromatic carbocycles. The number of ether oxygens (including phenoxy) is 1. The first-order chi connectivity index (χ1) is 19.2. The van der Waals surface area contributed by atoms with Crippen LogP contribution in [0, 0.1) is 26.7 Å². The molecule has 3 heterocycles. The van der Waals surface area contributed by atoms with Crippen molar-refractivity contribution >= 4 is 11.6 Å². The smallest absolute Gasteiger partial charge is 0.253 e. The van der Waals surface area contributed by atoms with E-state index < -0.39 is 0 Å². The van der Waals surface area contributed by atoms with Crippen LogP contribution in [0.4, 0.5) is 5.69 Å². The molecule has 2 N–H and O–H groups in total. The highest BCUT2D eigenvalue weighted by molar-refractivity contribution is 5.97. The number of piperazine rings is 1. The van der Waals surface area contributed by atoms with Gasteiger partial charge in [0.2, 0.25) is 0 Å². The highest BCUT2D eigenvalue weighted by atomic mass is 16.5. The Balaban J connectivity index is 1.40. The van der Waals surface area contributed by atoms with Gasteiger partial charge in [0, 0.05) is 87.6 Å². The number of nitrogens with zero attached hydrogens (tertiary/aromatic N) is 3. The van der Waals surface area contributed by atoms with Crippen LogP contribution in [0.1, 0.15) is 70.4 Å². The maximum absolute atomic E-state index is 13.7. The second kappa shape index (κ2) is 12.5. The molecule has 1 amide bonds. The van der Waals surface area contributed by atoms with E-state index in [9.17, 15) is 9.59 Å². The number of likely N-dealkylation sites (N-methyl/N-ethyl adjacent to an activating group) is 1. The summed E-state index contributed by atoms with van der Waals surface area (Å²) in [5, 5.41) is 3.08. The molecule has 218 valence electrons. The quantitative estimate of drug-likeness (QED) is 0.498. The summed E-state index contributed by atoms with van der Waals surface area (Å²) in [5.74, 6) is 1.02. The number of aryl methyl sites for hydroxylation is 2. The van der Waals surface area contributed by atoms with Gasteiger partial charge in [-0.05, 0) is 101 Å². The first-order valence-corrected chi connectivity index (χ1v) is 15.1. The zero-order valence-corrected chi connectivity index (χ0v) is 25.0. The van der Waals surface area contributed by atoms with Gasteiger partial charge in [0.15, 0.2) is 0 Å². The number of amides is 1. The van der Waals surface area contributed by atoms with Gasteiger partial charge in [-0.25, -0.2) is 0 Å². The van der Waals surface area contributed by atoms with Crippen molar-refractivity contribution in [3.05, 3.63) is 62.1 Å². The number of pyridine rings is 1. The zero-order chi connectivity index (χ0) is 28.4. The lowest BCUT2D eigenvalue weighted by Gasteiger charge is -2.37. The highest BCUT2D eigenvalue weighted by Gasteiger charge is 2.40. The van der Waals surface area contributed by atoms with E-state index in [1.807, 2.05) is 19.9 Å². The first-order valence-electron chi connectivity index (χ1n) is 15.1. The molecular formula is C32H47N5O3. The Labute approximate surface area is 239 Å². The van der Waals surface area contributed by atoms with Crippen molar-refractivity contribution in [2.24, 2.45) is 5.92 Å². The van der Waals surface area contributed by atoms with E-state index in [2.05, 4.69) is 58.0 Å². The van der Waals surface area contributed by atoms with E-state index in [0.717, 1.165) is 87.7 Å². The Kier molecular flexibility index (Phi) is 8.98. The van der Waals surface area contributed by atoms with Crippen molar-refractivity contribution in [2.45, 2.75) is 65.5 Å². The molecule has 2 unspecified atom stereocenters. The van der Waals surface area contributed by atoms with Gasteiger partial charge in [-0.1, -0.05) is 0 Å². The average molecular weight is 550 g/mol. The Bertz CT molecular complexity index is 1260. The van der Waals surface area contributed by atoms with Crippen LogP contribution in [0.3, 0.4) is 0 Å². The maximum atomic E-state index is 13.7. The molecular weight excluding hydrogens is 502 g/mol. The third-order valence-electron chi connectivity index (χ3n) is 9.29. The largest absolute Gasteiger partial charge is 0.381 e. The molecule has 0 bridgehead atoms. The lowest BCUT2D eigenvalue weighted by Crippen LogP contribution is -2.45. The molecule has 8 nitrogen and oxygen atoms in total. The number of carbonyl (C=O) groups excluding carboxylic acids is 1. The molecule has 3 aliphatic rings. The number of H-pyrrole nitrogens is 1. The van der Waals surface area contributed by atoms with Crippen molar-refractivity contribution in [1.82, 2.24) is 20.1 Å². The lowest BCUT2D eigenvalue weighted by atomic mass is 9.96. The van der Waals surface area contributed by atoms with Crippen LogP contribution in [0.5, 0.6) is 0 Å². The number of benzene rings is 1. The molecule has 40 heavy (non-hydrogen) atoms. The third-order valence-corrected chi connectivity index (χ3v) is 9.29. The van der Waals surface area contributed by atoms with Crippen LogP contribution in [-0.4, -0.2) is 86.3 Å². The Hall–Kier alpha value is -2.68. The van der Waals surface area contributed by atoms with Gasteiger partial charge >= 0.3 is 0 Å². The van der Waals surface area contributed by atoms with Gasteiger partial charge in [-0.3, -0.25) is 9.59 Å². The topological polar surface area (TPSA) is 80.9 Å². The fourth-order valence-electron chi connectivity index (χ4n) is 6.68. The number of aromatic nitrogens is 1. The average Bonchev–Trinajstić information content (AvgIpc) is 3.70. The van der Waals surface area contributed by atoms with Crippen molar-refractivity contribution in [3.8, 4) is 0 Å². The zero-order valence-electron chi connectivity index (χ0n) is 25.0. The van der Waals surface area contributed by atoms with E-state index in [1.54, 1.807) is 0 Å². The van der Waals surface area contributed by atoms with Crippen LogP contribution in [0.15, 0.2) is 23.0 Å². The molecule has 0 spiro atoms. The van der Waals surface area contributed by atoms with Crippen molar-refractivity contribution in [1.29, 1.82) is 0 Å². The molecule has 2 aliphatic heterocycles. The second-order valence-electron chi connectivity index (χ2n) is 12.2. The lowest BCUT2D eigenvalue weighted by molar-refractivity contribution is 0.0845. The third kappa shape index (κ3) is 6.45. The monoisotopic (exact) mass is 549 g/mol. The van der Waals surface area contributed by atoms with E-state index >= 15 is 0 Å². The summed E-state index contributed by atoms with van der Waals surface area (Å²) in [6.07, 6.45) is 3.19. The maximum Gasteiger partial charge on any atom is 0.253 e. The molecule has 8 heteroatoms. The second-order valence-corrected chi connectivity index (χ2v) is 12.2. The summed E-state index contributed by atoms with van der Waals surface area (Å²) in [5.41, 5.74) is 6.39. The summed E-state index contributed by atoms with van der Waals surface area (Å²) in [6.45, 7) is 16.4. The van der Waals surface area contributed by atoms with Crippen LogP contribution in [0.2, 0.25) is 0 Å². The van der Waals surface area contributed by atoms with Crippen molar-refractivity contribution in [2.75, 3.05) is 64.4 Å². The van der Waals surface area contributed by atoms with Gasteiger partial charge < -0.3 is 29.7 Å². The summed E-state index contributed by atoms with van der Waals surface area (Å²) < 4.78 is 5.66. The minimum absolute atomic E-state index is 0.112. The minimum Gasteiger partial charge on any atom is -0.381 e. The van der Waals surface area contributed by atoms with Gasteiger partial charge in [0.25, 0.3) is 11.5 Å². The number of nitrogens with one attached hydrogen (secondary N) is 2. The normalized spacial score (nSPS) is 22.3. The van der Waals surface area contributed by atoms with Crippen LogP contribution >= 0.6 is 0 Å². The fraction of sp³-hybridized carbons (Fsp3) is 0.625. The van der Waals surface area contributed by atoms with Gasteiger partial charge in [-0.15, -0.1) is 0 Å². The van der Waals surface area contributed by atoms with Crippen LogP contribution in [-0.2, 0) is 11.3 Å². The molecule has 1 aliphatic carbocycles. The standard InChI is InChI=1S/C32H47N5O3/c1-6-37(26-7-13-40-14-8-26)30-18-24(28-17-25(28)20-36-11-9-35(5)10-12-36)16-27(23(30)4)31(38)33-19-29-21(2)15-22(3)34-32(29)39/h15-16,18,25-26,28H,6-14,17,19-20H2,1-5H3,(H,33,38)(H,34,39). The summed E-state index contributed by atoms with van der Waals surface area (Å²) in [4.78, 5) is 36.7. The van der Waals surface area contributed by atoms with Gasteiger partial charge in [0.05, 0.1) is 0 Å². The SMILES string of the molecule is CCN(c1cc(C2CC2CN2CCN(C)CC2)cc(C(=O)NCc2c(C)cc(C)[nH]c2=O)c1C)C1CCOCC1. The first kappa shape index (κ1) is 28.8. The minimum atomic E-state index is -0.134. The van der Waals surface area contributed by atoms with E-state index in [1.165, 1.54) is 17.7 Å². The predicted molar refractivity (Wildman–Crippen MR) is 161 cm³/mol. The molecule has 5 rings (SSSR count). The van der Waals surface area contributed by atoms with Gasteiger partial charge in [0.1, 0.15) is 0 Å². The number of hydrogen-bond acceptors (Lipinski definition) is 6.